The fraction of sp³-hybridized carbons (Fsp3) is 0.348. The van der Waals surface area contributed by atoms with Gasteiger partial charge in [0, 0.05) is 50.4 Å². The minimum Gasteiger partial charge on any atom is -0.348 e. The lowest BCUT2D eigenvalue weighted by molar-refractivity contribution is 0.0951. The second kappa shape index (κ2) is 9.19. The fourth-order valence-corrected chi connectivity index (χ4v) is 3.57. The molecule has 0 aliphatic carbocycles. The minimum atomic E-state index is -0.104. The van der Waals surface area contributed by atoms with Gasteiger partial charge in [-0.3, -0.25) is 9.69 Å². The van der Waals surface area contributed by atoms with Gasteiger partial charge in [-0.1, -0.05) is 29.4 Å². The molecule has 0 radical (unpaired) electrons. The summed E-state index contributed by atoms with van der Waals surface area (Å²) in [5, 5.41) is 6.79. The lowest BCUT2D eigenvalue weighted by Gasteiger charge is -2.32. The van der Waals surface area contributed by atoms with Crippen LogP contribution >= 0.6 is 0 Å². The number of hydrogen-bond donors (Lipinski definition) is 1. The van der Waals surface area contributed by atoms with E-state index in [1.54, 1.807) is 19.1 Å². The Kier molecular flexibility index (Phi) is 6.21. The van der Waals surface area contributed by atoms with Gasteiger partial charge < -0.3 is 14.7 Å². The Morgan fingerprint density at radius 3 is 2.50 bits per heavy atom. The monoisotopic (exact) mass is 405 g/mol. The Hall–Kier alpha value is -3.03. The van der Waals surface area contributed by atoms with E-state index in [1.165, 1.54) is 5.56 Å². The highest BCUT2D eigenvalue weighted by Gasteiger charge is 2.14. The van der Waals surface area contributed by atoms with Crippen LogP contribution in [0.25, 0.3) is 11.5 Å². The Bertz CT molecular complexity index is 991. The van der Waals surface area contributed by atoms with E-state index in [0.717, 1.165) is 43.9 Å². The molecule has 3 aromatic rings. The highest BCUT2D eigenvalue weighted by Crippen LogP contribution is 2.18. The largest absolute Gasteiger partial charge is 0.348 e. The van der Waals surface area contributed by atoms with Gasteiger partial charge in [0.25, 0.3) is 11.8 Å². The standard InChI is InChI=1S/C23H27N5O2/c1-17-25-23(30-26-17)21-8-6-20(7-9-21)22(29)24-15-18-4-3-5-19(14-18)16-28-12-10-27(2)11-13-28/h3-9,14H,10-13,15-16H2,1-2H3,(H,24,29). The summed E-state index contributed by atoms with van der Waals surface area (Å²) >= 11 is 0. The lowest BCUT2D eigenvalue weighted by Crippen LogP contribution is -2.43. The summed E-state index contributed by atoms with van der Waals surface area (Å²) < 4.78 is 5.16. The van der Waals surface area contributed by atoms with Gasteiger partial charge in [-0.2, -0.15) is 4.98 Å². The smallest absolute Gasteiger partial charge is 0.257 e. The number of nitrogens with zero attached hydrogens (tertiary/aromatic N) is 4. The predicted molar refractivity (Wildman–Crippen MR) is 115 cm³/mol. The van der Waals surface area contributed by atoms with Gasteiger partial charge in [-0.15, -0.1) is 0 Å². The van der Waals surface area contributed by atoms with Crippen LogP contribution in [0.1, 0.15) is 27.3 Å². The van der Waals surface area contributed by atoms with E-state index < -0.39 is 0 Å². The van der Waals surface area contributed by atoms with Crippen LogP contribution in [0, 0.1) is 6.92 Å². The van der Waals surface area contributed by atoms with Crippen molar-refractivity contribution in [2.75, 3.05) is 33.2 Å². The summed E-state index contributed by atoms with van der Waals surface area (Å²) in [6, 6.07) is 15.6. The SMILES string of the molecule is Cc1noc(-c2ccc(C(=O)NCc3cccc(CN4CCN(C)CC4)c3)cc2)n1. The second-order valence-corrected chi connectivity index (χ2v) is 7.81. The van der Waals surface area contributed by atoms with Gasteiger partial charge in [0.1, 0.15) is 0 Å². The molecule has 7 heteroatoms. The predicted octanol–water partition coefficient (Wildman–Crippen LogP) is 2.72. The van der Waals surface area contributed by atoms with Crippen molar-refractivity contribution in [3.05, 3.63) is 71.0 Å². The van der Waals surface area contributed by atoms with E-state index in [4.69, 9.17) is 4.52 Å². The Morgan fingerprint density at radius 2 is 1.80 bits per heavy atom. The van der Waals surface area contributed by atoms with Crippen molar-refractivity contribution in [3.8, 4) is 11.5 Å². The molecule has 1 aliphatic heterocycles. The lowest BCUT2D eigenvalue weighted by atomic mass is 10.1. The number of carbonyl (C=O) groups excluding carboxylic acids is 1. The molecule has 1 aliphatic rings. The number of likely N-dealkylation sites (N-methyl/N-ethyl adjacent to an activating group) is 1. The zero-order valence-corrected chi connectivity index (χ0v) is 17.5. The number of hydrogen-bond acceptors (Lipinski definition) is 6. The fourth-order valence-electron chi connectivity index (χ4n) is 3.57. The summed E-state index contributed by atoms with van der Waals surface area (Å²) in [5.74, 6) is 0.936. The van der Waals surface area contributed by atoms with Crippen molar-refractivity contribution in [2.24, 2.45) is 0 Å². The van der Waals surface area contributed by atoms with Crippen molar-refractivity contribution in [1.29, 1.82) is 0 Å². The molecule has 0 atom stereocenters. The molecule has 1 amide bonds. The summed E-state index contributed by atoms with van der Waals surface area (Å²) in [4.78, 5) is 21.6. The number of piperazine rings is 1. The molecule has 30 heavy (non-hydrogen) atoms. The number of benzene rings is 2. The van der Waals surface area contributed by atoms with Gasteiger partial charge in [0.2, 0.25) is 0 Å². The zero-order chi connectivity index (χ0) is 20.9. The van der Waals surface area contributed by atoms with Crippen molar-refractivity contribution >= 4 is 5.91 Å². The number of aromatic nitrogens is 2. The van der Waals surface area contributed by atoms with Crippen LogP contribution < -0.4 is 5.32 Å². The van der Waals surface area contributed by atoms with E-state index in [-0.39, 0.29) is 5.91 Å². The van der Waals surface area contributed by atoms with Crippen LogP contribution in [0.2, 0.25) is 0 Å². The highest BCUT2D eigenvalue weighted by atomic mass is 16.5. The zero-order valence-electron chi connectivity index (χ0n) is 17.5. The van der Waals surface area contributed by atoms with E-state index in [0.29, 0.717) is 23.8 Å². The molecule has 0 bridgehead atoms. The highest BCUT2D eigenvalue weighted by molar-refractivity contribution is 5.94. The van der Waals surface area contributed by atoms with Gasteiger partial charge in [0.15, 0.2) is 5.82 Å². The molecule has 2 heterocycles. The van der Waals surface area contributed by atoms with Crippen molar-refractivity contribution in [1.82, 2.24) is 25.3 Å². The third kappa shape index (κ3) is 5.11. The van der Waals surface area contributed by atoms with E-state index >= 15 is 0 Å². The van der Waals surface area contributed by atoms with E-state index in [9.17, 15) is 4.79 Å². The van der Waals surface area contributed by atoms with Gasteiger partial charge in [-0.05, 0) is 49.4 Å². The van der Waals surface area contributed by atoms with Crippen molar-refractivity contribution in [3.63, 3.8) is 0 Å². The Morgan fingerprint density at radius 1 is 1.07 bits per heavy atom. The third-order valence-electron chi connectivity index (χ3n) is 5.37. The normalized spacial score (nSPS) is 15.3. The number of carbonyl (C=O) groups is 1. The molecule has 156 valence electrons. The van der Waals surface area contributed by atoms with Crippen molar-refractivity contribution < 1.29 is 9.32 Å². The second-order valence-electron chi connectivity index (χ2n) is 7.81. The third-order valence-corrected chi connectivity index (χ3v) is 5.37. The molecule has 1 saturated heterocycles. The first-order valence-corrected chi connectivity index (χ1v) is 10.2. The van der Waals surface area contributed by atoms with E-state index in [2.05, 4.69) is 56.6 Å². The minimum absolute atomic E-state index is 0.104. The van der Waals surface area contributed by atoms with Crippen LogP contribution in [-0.4, -0.2) is 59.1 Å². The first kappa shape index (κ1) is 20.3. The summed E-state index contributed by atoms with van der Waals surface area (Å²) in [7, 11) is 2.17. The average Bonchev–Trinajstić information content (AvgIpc) is 3.20. The number of aryl methyl sites for hydroxylation is 1. The van der Waals surface area contributed by atoms with Gasteiger partial charge in [0.05, 0.1) is 0 Å². The topological polar surface area (TPSA) is 74.5 Å². The van der Waals surface area contributed by atoms with Crippen LogP contribution in [0.5, 0.6) is 0 Å². The molecule has 7 nitrogen and oxygen atoms in total. The number of amides is 1. The first-order chi connectivity index (χ1) is 14.6. The maximum Gasteiger partial charge on any atom is 0.257 e. The maximum atomic E-state index is 12.5. The molecule has 0 unspecified atom stereocenters. The molecule has 1 aromatic heterocycles. The maximum absolute atomic E-state index is 12.5. The molecule has 1 fully saturated rings. The van der Waals surface area contributed by atoms with Crippen LogP contribution in [-0.2, 0) is 13.1 Å². The molecular weight excluding hydrogens is 378 g/mol. The molecule has 0 saturated carbocycles. The van der Waals surface area contributed by atoms with Gasteiger partial charge in [-0.25, -0.2) is 0 Å². The Labute approximate surface area is 176 Å². The number of nitrogens with one attached hydrogen (secondary N) is 1. The number of rotatable bonds is 6. The quantitative estimate of drug-likeness (QED) is 0.680. The average molecular weight is 406 g/mol. The summed E-state index contributed by atoms with van der Waals surface area (Å²) in [5.41, 5.74) is 3.78. The molecule has 4 rings (SSSR count). The first-order valence-electron chi connectivity index (χ1n) is 10.2. The van der Waals surface area contributed by atoms with Crippen LogP contribution in [0.3, 0.4) is 0 Å². The molecule has 2 aromatic carbocycles. The van der Waals surface area contributed by atoms with Crippen molar-refractivity contribution in [2.45, 2.75) is 20.0 Å². The molecule has 0 spiro atoms. The summed E-state index contributed by atoms with van der Waals surface area (Å²) in [6.45, 7) is 7.63. The van der Waals surface area contributed by atoms with E-state index in [1.807, 2.05) is 12.1 Å². The molecular formula is C23H27N5O2. The van der Waals surface area contributed by atoms with Crippen LogP contribution in [0.15, 0.2) is 53.1 Å². The summed E-state index contributed by atoms with van der Waals surface area (Å²) in [6.07, 6.45) is 0. The van der Waals surface area contributed by atoms with Gasteiger partial charge >= 0.3 is 0 Å². The molecule has 1 N–H and O–H groups in total. The Balaban J connectivity index is 1.32. The van der Waals surface area contributed by atoms with Crippen LogP contribution in [0.4, 0.5) is 0 Å².